The number of amides is 2. The lowest BCUT2D eigenvalue weighted by Gasteiger charge is -2.32. The molecule has 1 heterocycles. The van der Waals surface area contributed by atoms with Gasteiger partial charge < -0.3 is 19.7 Å². The number of nitrogens with zero attached hydrogens (tertiary/aromatic N) is 2. The molecule has 0 aromatic heterocycles. The first kappa shape index (κ1) is 26.8. The Hall–Kier alpha value is -4.24. The van der Waals surface area contributed by atoms with E-state index in [1.165, 1.54) is 29.2 Å². The zero-order valence-corrected chi connectivity index (χ0v) is 21.5. The van der Waals surface area contributed by atoms with Crippen LogP contribution in [0.15, 0.2) is 72.8 Å². The number of nitro groups is 1. The van der Waals surface area contributed by atoms with Gasteiger partial charge in [0, 0.05) is 36.4 Å². The average molecular weight is 518 g/mol. The van der Waals surface area contributed by atoms with Crippen LogP contribution in [-0.4, -0.2) is 48.0 Å². The van der Waals surface area contributed by atoms with E-state index in [9.17, 15) is 19.7 Å². The van der Waals surface area contributed by atoms with Crippen LogP contribution >= 0.6 is 0 Å². The SMILES string of the molecule is COc1ccccc1CN(C(=O)c1ccc([N+](=O)[O-])cc1)C(C(=O)NCC1CCCO1)c1ccc(C)cc1. The highest BCUT2D eigenvalue weighted by Crippen LogP contribution is 2.29. The number of methoxy groups -OCH3 is 1. The molecule has 1 fully saturated rings. The average Bonchev–Trinajstić information content (AvgIpc) is 3.46. The lowest BCUT2D eigenvalue weighted by atomic mass is 10.00. The van der Waals surface area contributed by atoms with E-state index < -0.39 is 16.9 Å². The fraction of sp³-hybridized carbons (Fsp3) is 0.310. The van der Waals surface area contributed by atoms with E-state index in [-0.39, 0.29) is 29.8 Å². The summed E-state index contributed by atoms with van der Waals surface area (Å²) in [5.74, 6) is -0.199. The molecule has 3 aromatic carbocycles. The Balaban J connectivity index is 1.75. The molecular formula is C29H31N3O6. The van der Waals surface area contributed by atoms with Gasteiger partial charge in [-0.1, -0.05) is 48.0 Å². The van der Waals surface area contributed by atoms with Crippen molar-refractivity contribution in [3.63, 3.8) is 0 Å². The second-order valence-corrected chi connectivity index (χ2v) is 9.24. The van der Waals surface area contributed by atoms with Gasteiger partial charge in [0.15, 0.2) is 0 Å². The minimum atomic E-state index is -0.968. The number of non-ortho nitro benzene ring substituents is 1. The second kappa shape index (κ2) is 12.3. The zero-order chi connectivity index (χ0) is 27.1. The van der Waals surface area contributed by atoms with Crippen LogP contribution < -0.4 is 10.1 Å². The Bertz CT molecular complexity index is 1270. The van der Waals surface area contributed by atoms with Gasteiger partial charge in [0.2, 0.25) is 5.91 Å². The smallest absolute Gasteiger partial charge is 0.269 e. The molecule has 2 amide bonds. The molecular weight excluding hydrogens is 486 g/mol. The topological polar surface area (TPSA) is 111 Å². The molecule has 4 rings (SSSR count). The molecule has 2 unspecified atom stereocenters. The van der Waals surface area contributed by atoms with E-state index in [0.29, 0.717) is 30.0 Å². The van der Waals surface area contributed by atoms with Crippen LogP contribution in [-0.2, 0) is 16.1 Å². The normalized spacial score (nSPS) is 15.5. The van der Waals surface area contributed by atoms with Crippen molar-refractivity contribution in [2.24, 2.45) is 0 Å². The number of para-hydroxylation sites is 1. The number of ether oxygens (including phenoxy) is 2. The van der Waals surface area contributed by atoms with Gasteiger partial charge in [-0.25, -0.2) is 0 Å². The summed E-state index contributed by atoms with van der Waals surface area (Å²) in [4.78, 5) is 39.9. The maximum absolute atomic E-state index is 14.0. The van der Waals surface area contributed by atoms with Crippen molar-refractivity contribution in [2.45, 2.75) is 38.5 Å². The first-order valence-corrected chi connectivity index (χ1v) is 12.5. The molecule has 2 atom stereocenters. The number of carbonyl (C=O) groups excluding carboxylic acids is 2. The Morgan fingerprint density at radius 3 is 2.45 bits per heavy atom. The molecule has 3 aromatic rings. The predicted octanol–water partition coefficient (Wildman–Crippen LogP) is 4.59. The molecule has 1 saturated heterocycles. The summed E-state index contributed by atoms with van der Waals surface area (Å²) in [6, 6.07) is 19.2. The number of nitro benzene ring substituents is 1. The molecule has 0 saturated carbocycles. The third-order valence-corrected chi connectivity index (χ3v) is 6.60. The first-order valence-electron chi connectivity index (χ1n) is 12.5. The van der Waals surface area contributed by atoms with Gasteiger partial charge in [-0.2, -0.15) is 0 Å². The first-order chi connectivity index (χ1) is 18.4. The van der Waals surface area contributed by atoms with E-state index in [2.05, 4.69) is 5.32 Å². The van der Waals surface area contributed by atoms with Crippen LogP contribution in [0.2, 0.25) is 0 Å². The third-order valence-electron chi connectivity index (χ3n) is 6.60. The van der Waals surface area contributed by atoms with Crippen molar-refractivity contribution in [1.82, 2.24) is 10.2 Å². The van der Waals surface area contributed by atoms with Crippen LogP contribution in [0.5, 0.6) is 5.75 Å². The van der Waals surface area contributed by atoms with Gasteiger partial charge in [-0.05, 0) is 43.5 Å². The minimum Gasteiger partial charge on any atom is -0.496 e. The van der Waals surface area contributed by atoms with E-state index in [0.717, 1.165) is 18.4 Å². The lowest BCUT2D eigenvalue weighted by molar-refractivity contribution is -0.384. The van der Waals surface area contributed by atoms with Crippen LogP contribution in [0.4, 0.5) is 5.69 Å². The highest BCUT2D eigenvalue weighted by atomic mass is 16.6. The maximum Gasteiger partial charge on any atom is 0.269 e. The van der Waals surface area contributed by atoms with E-state index in [1.807, 2.05) is 49.4 Å². The number of nitrogens with one attached hydrogen (secondary N) is 1. The molecule has 0 aliphatic carbocycles. The van der Waals surface area contributed by atoms with Gasteiger partial charge in [0.25, 0.3) is 11.6 Å². The largest absolute Gasteiger partial charge is 0.496 e. The number of carbonyl (C=O) groups is 2. The number of rotatable bonds is 10. The van der Waals surface area contributed by atoms with Crippen molar-refractivity contribution in [3.05, 3.63) is 105 Å². The van der Waals surface area contributed by atoms with E-state index in [4.69, 9.17) is 9.47 Å². The Labute approximate surface area is 221 Å². The summed E-state index contributed by atoms with van der Waals surface area (Å²) in [5.41, 5.74) is 2.49. The van der Waals surface area contributed by atoms with Crippen LogP contribution in [0, 0.1) is 17.0 Å². The predicted molar refractivity (Wildman–Crippen MR) is 142 cm³/mol. The van der Waals surface area contributed by atoms with Crippen LogP contribution in [0.25, 0.3) is 0 Å². The van der Waals surface area contributed by atoms with Crippen molar-refractivity contribution in [3.8, 4) is 5.75 Å². The quantitative estimate of drug-likeness (QED) is 0.311. The summed E-state index contributed by atoms with van der Waals surface area (Å²) < 4.78 is 11.2. The summed E-state index contributed by atoms with van der Waals surface area (Å²) >= 11 is 0. The second-order valence-electron chi connectivity index (χ2n) is 9.24. The highest BCUT2D eigenvalue weighted by molar-refractivity contribution is 5.98. The molecule has 9 nitrogen and oxygen atoms in total. The molecule has 9 heteroatoms. The van der Waals surface area contributed by atoms with Gasteiger partial charge in [-0.3, -0.25) is 19.7 Å². The number of benzene rings is 3. The Morgan fingerprint density at radius 1 is 1.11 bits per heavy atom. The van der Waals surface area contributed by atoms with E-state index in [1.54, 1.807) is 13.2 Å². The fourth-order valence-corrected chi connectivity index (χ4v) is 4.53. The monoisotopic (exact) mass is 517 g/mol. The summed E-state index contributed by atoms with van der Waals surface area (Å²) in [5, 5.41) is 14.1. The van der Waals surface area contributed by atoms with Gasteiger partial charge in [0.05, 0.1) is 24.7 Å². The number of hydrogen-bond acceptors (Lipinski definition) is 6. The van der Waals surface area contributed by atoms with Gasteiger partial charge in [0.1, 0.15) is 11.8 Å². The number of hydrogen-bond donors (Lipinski definition) is 1. The van der Waals surface area contributed by atoms with Gasteiger partial charge in [-0.15, -0.1) is 0 Å². The molecule has 1 aliphatic rings. The van der Waals surface area contributed by atoms with Crippen molar-refractivity contribution < 1.29 is 24.0 Å². The van der Waals surface area contributed by atoms with Crippen molar-refractivity contribution >= 4 is 17.5 Å². The van der Waals surface area contributed by atoms with Gasteiger partial charge >= 0.3 is 0 Å². The van der Waals surface area contributed by atoms with E-state index >= 15 is 0 Å². The maximum atomic E-state index is 14.0. The van der Waals surface area contributed by atoms with Crippen LogP contribution in [0.1, 0.15) is 45.9 Å². The third kappa shape index (κ3) is 6.36. The molecule has 0 spiro atoms. The zero-order valence-electron chi connectivity index (χ0n) is 21.5. The Morgan fingerprint density at radius 2 is 1.82 bits per heavy atom. The molecule has 0 bridgehead atoms. The van der Waals surface area contributed by atoms with Crippen molar-refractivity contribution in [2.75, 3.05) is 20.3 Å². The standard InChI is InChI=1S/C29H31N3O6/c1-20-9-11-21(12-10-20)27(28(33)30-18-25-7-5-17-38-25)31(19-23-6-3-4-8-26(23)37-2)29(34)22-13-15-24(16-14-22)32(35)36/h3-4,6,8-16,25,27H,5,7,17-19H2,1-2H3,(H,30,33). The minimum absolute atomic E-state index is 0.0642. The summed E-state index contributed by atoms with van der Waals surface area (Å²) in [6.07, 6.45) is 1.74. The van der Waals surface area contributed by atoms with Crippen LogP contribution in [0.3, 0.4) is 0 Å². The highest BCUT2D eigenvalue weighted by Gasteiger charge is 2.33. The molecule has 198 valence electrons. The molecule has 0 radical (unpaired) electrons. The van der Waals surface area contributed by atoms with Crippen molar-refractivity contribution in [1.29, 1.82) is 0 Å². The lowest BCUT2D eigenvalue weighted by Crippen LogP contribution is -2.45. The fourth-order valence-electron chi connectivity index (χ4n) is 4.53. The Kier molecular flexibility index (Phi) is 8.70. The molecule has 1 aliphatic heterocycles. The molecule has 38 heavy (non-hydrogen) atoms. The summed E-state index contributed by atoms with van der Waals surface area (Å²) in [7, 11) is 1.55. The summed E-state index contributed by atoms with van der Waals surface area (Å²) in [6.45, 7) is 3.03. The number of aryl methyl sites for hydroxylation is 1. The molecule has 1 N–H and O–H groups in total.